The molecule has 2 heterocycles. The molecule has 0 saturated carbocycles. The Labute approximate surface area is 295 Å². The predicted molar refractivity (Wildman–Crippen MR) is 186 cm³/mol. The van der Waals surface area contributed by atoms with E-state index >= 15 is 0 Å². The summed E-state index contributed by atoms with van der Waals surface area (Å²) in [5.74, 6) is -2.87. The largest absolute Gasteiger partial charge is 0.478 e. The first-order valence-corrected chi connectivity index (χ1v) is 16.6. The number of allylic oxidation sites excluding steroid dienone is 1. The molecule has 4 atom stereocenters. The Balaban J connectivity index is 0.000000180. The molecule has 4 unspecified atom stereocenters. The Kier molecular flexibility index (Phi) is 11.4. The molecule has 3 aromatic carbocycles. The molecule has 0 radical (unpaired) electrons. The Morgan fingerprint density at radius 3 is 1.76 bits per heavy atom. The second-order valence-electron chi connectivity index (χ2n) is 13.8. The Morgan fingerprint density at radius 1 is 0.706 bits per heavy atom. The van der Waals surface area contributed by atoms with E-state index in [4.69, 9.17) is 5.11 Å². The highest BCUT2D eigenvalue weighted by molar-refractivity contribution is 6.07. The molecule has 4 amide bonds. The number of halogens is 3. The van der Waals surface area contributed by atoms with Crippen LogP contribution in [0.2, 0.25) is 0 Å². The lowest BCUT2D eigenvalue weighted by Gasteiger charge is -2.29. The van der Waals surface area contributed by atoms with Crippen molar-refractivity contribution in [3.05, 3.63) is 105 Å². The van der Waals surface area contributed by atoms with Crippen LogP contribution in [0.15, 0.2) is 66.2 Å². The van der Waals surface area contributed by atoms with Crippen LogP contribution in [-0.2, 0) is 25.4 Å². The van der Waals surface area contributed by atoms with E-state index in [9.17, 15) is 37.1 Å². The molecule has 6 rings (SSSR count). The van der Waals surface area contributed by atoms with Gasteiger partial charge in [0.25, 0.3) is 0 Å². The number of alkyl halides is 3. The zero-order valence-electron chi connectivity index (χ0n) is 30.0. The molecule has 2 aliphatic heterocycles. The van der Waals surface area contributed by atoms with Gasteiger partial charge < -0.3 is 5.11 Å². The van der Waals surface area contributed by atoms with Gasteiger partial charge in [0.05, 0.1) is 28.9 Å². The molecule has 0 aromatic heterocycles. The van der Waals surface area contributed by atoms with Crippen molar-refractivity contribution in [3.63, 3.8) is 0 Å². The maximum atomic E-state index is 13.1. The van der Waals surface area contributed by atoms with Crippen LogP contribution in [0.1, 0.15) is 63.5 Å². The van der Waals surface area contributed by atoms with E-state index in [1.165, 1.54) is 25.1 Å². The summed E-state index contributed by atoms with van der Waals surface area (Å²) >= 11 is 0. The minimum atomic E-state index is -4.33. The van der Waals surface area contributed by atoms with Crippen molar-refractivity contribution < 1.29 is 42.3 Å². The lowest BCUT2D eigenvalue weighted by Crippen LogP contribution is -2.33. The molecule has 3 aliphatic rings. The summed E-state index contributed by atoms with van der Waals surface area (Å²) in [6.07, 6.45) is -1.76. The van der Waals surface area contributed by atoms with Gasteiger partial charge in [0.1, 0.15) is 0 Å². The number of carboxylic acids is 1. The SMILES string of the molecule is CC1=CC(C2CC(=O)N(C)C2=O)CC2C(=O)N(C)C(=O)C12.Cc1cc(C)cc(C(=O)O)c1.Cc1ccc(-c2ccc(C)cc2C(F)(F)F)c(C)c1. The van der Waals surface area contributed by atoms with Gasteiger partial charge in [-0.1, -0.05) is 70.3 Å². The minimum Gasteiger partial charge on any atom is -0.478 e. The van der Waals surface area contributed by atoms with Gasteiger partial charge >= 0.3 is 12.1 Å². The summed E-state index contributed by atoms with van der Waals surface area (Å²) in [7, 11) is 2.99. The Morgan fingerprint density at radius 2 is 1.25 bits per heavy atom. The van der Waals surface area contributed by atoms with Crippen molar-refractivity contribution in [2.75, 3.05) is 14.1 Å². The average molecular weight is 705 g/mol. The fraction of sp³-hybridized carbons (Fsp3) is 0.375. The van der Waals surface area contributed by atoms with Crippen LogP contribution in [0.5, 0.6) is 0 Å². The fourth-order valence-electron chi connectivity index (χ4n) is 7.17. The van der Waals surface area contributed by atoms with Crippen molar-refractivity contribution in [3.8, 4) is 11.1 Å². The summed E-state index contributed by atoms with van der Waals surface area (Å²) in [6, 6.07) is 15.2. The standard InChI is InChI=1S/C16H15F3.C15H18N2O4.C9H10O2/c1-10-4-6-13(12(3)8-10)14-7-5-11(2)9-15(14)16(17,18)19;1-7-4-8(9-6-11(18)16(2)13(9)19)5-10-12(7)15(21)17(3)14(10)20;1-6-3-7(2)5-8(4-6)9(10)11/h4-9H,1-3H3;4,8-10,12H,5-6H2,1-3H3;3-5H,1-2H3,(H,10,11). The number of amides is 4. The summed E-state index contributed by atoms with van der Waals surface area (Å²) in [6.45, 7) is 11.0. The number of aryl methyl sites for hydroxylation is 5. The van der Waals surface area contributed by atoms with Gasteiger partial charge in [-0.3, -0.25) is 29.0 Å². The van der Waals surface area contributed by atoms with Gasteiger partial charge in [0, 0.05) is 20.5 Å². The summed E-state index contributed by atoms with van der Waals surface area (Å²) < 4.78 is 39.4. The van der Waals surface area contributed by atoms with Gasteiger partial charge in [-0.2, -0.15) is 13.2 Å². The monoisotopic (exact) mass is 704 g/mol. The molecule has 8 nitrogen and oxygen atoms in total. The summed E-state index contributed by atoms with van der Waals surface area (Å²) in [4.78, 5) is 60.9. The molecule has 270 valence electrons. The number of fused-ring (bicyclic) bond motifs is 1. The number of nitrogens with zero attached hydrogens (tertiary/aromatic N) is 2. The molecule has 0 bridgehead atoms. The Hall–Kier alpha value is -5.06. The van der Waals surface area contributed by atoms with Crippen molar-refractivity contribution in [1.29, 1.82) is 0 Å². The maximum Gasteiger partial charge on any atom is 0.417 e. The van der Waals surface area contributed by atoms with Crippen LogP contribution in [0.25, 0.3) is 11.1 Å². The first kappa shape index (κ1) is 38.7. The van der Waals surface area contributed by atoms with Gasteiger partial charge in [0.15, 0.2) is 0 Å². The first-order chi connectivity index (χ1) is 23.7. The van der Waals surface area contributed by atoms with E-state index in [0.717, 1.165) is 32.7 Å². The summed E-state index contributed by atoms with van der Waals surface area (Å²) in [5, 5.41) is 8.63. The van der Waals surface area contributed by atoms with E-state index in [1.807, 2.05) is 58.9 Å². The van der Waals surface area contributed by atoms with Crippen LogP contribution < -0.4 is 0 Å². The highest BCUT2D eigenvalue weighted by Gasteiger charge is 2.52. The van der Waals surface area contributed by atoms with Crippen molar-refractivity contribution >= 4 is 29.6 Å². The molecule has 2 saturated heterocycles. The molecule has 11 heteroatoms. The van der Waals surface area contributed by atoms with Gasteiger partial charge in [-0.05, 0) is 88.8 Å². The number of rotatable bonds is 3. The highest BCUT2D eigenvalue weighted by Crippen LogP contribution is 2.44. The third kappa shape index (κ3) is 8.46. The second-order valence-corrected chi connectivity index (χ2v) is 13.8. The summed E-state index contributed by atoms with van der Waals surface area (Å²) in [5.41, 5.74) is 6.01. The number of hydrogen-bond donors (Lipinski definition) is 1. The highest BCUT2D eigenvalue weighted by atomic mass is 19.4. The number of benzene rings is 3. The van der Waals surface area contributed by atoms with E-state index in [1.54, 1.807) is 37.3 Å². The molecule has 51 heavy (non-hydrogen) atoms. The number of carboxylic acid groups (broad SMARTS) is 1. The zero-order valence-corrected chi connectivity index (χ0v) is 30.0. The quantitative estimate of drug-likeness (QED) is 0.224. The van der Waals surface area contributed by atoms with Gasteiger partial charge in [-0.25, -0.2) is 4.79 Å². The van der Waals surface area contributed by atoms with Crippen LogP contribution in [-0.4, -0.2) is 58.6 Å². The molecular weight excluding hydrogens is 661 g/mol. The van der Waals surface area contributed by atoms with Crippen LogP contribution in [0.3, 0.4) is 0 Å². The molecule has 0 spiro atoms. The van der Waals surface area contributed by atoms with Crippen LogP contribution in [0.4, 0.5) is 13.2 Å². The second kappa shape index (κ2) is 15.0. The zero-order chi connectivity index (χ0) is 38.1. The van der Waals surface area contributed by atoms with Crippen molar-refractivity contribution in [1.82, 2.24) is 9.80 Å². The Bertz CT molecular complexity index is 1910. The fourth-order valence-corrected chi connectivity index (χ4v) is 7.17. The van der Waals surface area contributed by atoms with Crippen LogP contribution >= 0.6 is 0 Å². The lowest BCUT2D eigenvalue weighted by molar-refractivity contribution is -0.140. The first-order valence-electron chi connectivity index (χ1n) is 16.6. The minimum absolute atomic E-state index is 0.143. The van der Waals surface area contributed by atoms with Crippen LogP contribution in [0, 0.1) is 58.3 Å². The number of likely N-dealkylation sites (tertiary alicyclic amines) is 2. The van der Waals surface area contributed by atoms with Gasteiger partial charge in [0.2, 0.25) is 23.6 Å². The van der Waals surface area contributed by atoms with E-state index in [-0.39, 0.29) is 53.4 Å². The normalized spacial score (nSPS) is 21.4. The van der Waals surface area contributed by atoms with Crippen molar-refractivity contribution in [2.24, 2.45) is 23.7 Å². The molecule has 2 fully saturated rings. The number of hydrogen-bond acceptors (Lipinski definition) is 5. The maximum absolute atomic E-state index is 13.1. The molecule has 3 aromatic rings. The molecule has 1 aliphatic carbocycles. The number of aromatic carboxylic acids is 1. The molecule has 1 N–H and O–H groups in total. The average Bonchev–Trinajstić information content (AvgIpc) is 3.42. The van der Waals surface area contributed by atoms with E-state index in [2.05, 4.69) is 0 Å². The van der Waals surface area contributed by atoms with E-state index in [0.29, 0.717) is 23.1 Å². The van der Waals surface area contributed by atoms with Gasteiger partial charge in [-0.15, -0.1) is 0 Å². The molecular formula is C40H43F3N2O6. The lowest BCUT2D eigenvalue weighted by atomic mass is 9.71. The smallest absolute Gasteiger partial charge is 0.417 e. The number of imide groups is 2. The number of carbonyl (C=O) groups is 5. The predicted octanol–water partition coefficient (Wildman–Crippen LogP) is 7.49. The topological polar surface area (TPSA) is 112 Å². The third-order valence-corrected chi connectivity index (χ3v) is 9.69. The third-order valence-electron chi connectivity index (χ3n) is 9.69. The number of carbonyl (C=O) groups excluding carboxylic acids is 4. The van der Waals surface area contributed by atoms with Crippen molar-refractivity contribution in [2.45, 2.75) is 60.6 Å². The van der Waals surface area contributed by atoms with E-state index < -0.39 is 23.6 Å².